The number of halogens is 1. The van der Waals surface area contributed by atoms with Crippen molar-refractivity contribution in [3.8, 4) is 0 Å². The van der Waals surface area contributed by atoms with E-state index in [9.17, 15) is 4.79 Å². The monoisotopic (exact) mass is 315 g/mol. The minimum absolute atomic E-state index is 0.0167. The first-order valence-corrected chi connectivity index (χ1v) is 7.80. The molecule has 1 aromatic carbocycles. The second kappa shape index (κ2) is 6.36. The molecule has 2 heterocycles. The van der Waals surface area contributed by atoms with Gasteiger partial charge < -0.3 is 10.2 Å². The van der Waals surface area contributed by atoms with Crippen LogP contribution in [0.5, 0.6) is 0 Å². The van der Waals surface area contributed by atoms with Crippen molar-refractivity contribution >= 4 is 28.9 Å². The van der Waals surface area contributed by atoms with Crippen LogP contribution < -0.4 is 5.32 Å². The largest absolute Gasteiger partial charge is 0.354 e. The van der Waals surface area contributed by atoms with Gasteiger partial charge in [0.15, 0.2) is 0 Å². The van der Waals surface area contributed by atoms with Crippen LogP contribution in [-0.2, 0) is 0 Å². The summed E-state index contributed by atoms with van der Waals surface area (Å²) < 4.78 is 0. The van der Waals surface area contributed by atoms with Gasteiger partial charge in [0.25, 0.3) is 5.91 Å². The van der Waals surface area contributed by atoms with Crippen molar-refractivity contribution in [2.45, 2.75) is 19.8 Å². The Morgan fingerprint density at radius 3 is 2.68 bits per heavy atom. The van der Waals surface area contributed by atoms with Crippen LogP contribution in [0.2, 0.25) is 5.02 Å². The van der Waals surface area contributed by atoms with Gasteiger partial charge in [0.05, 0.1) is 11.9 Å². The molecule has 1 amide bonds. The number of carbonyl (C=O) groups excluding carboxylic acids is 1. The first kappa shape index (κ1) is 14.9. The van der Waals surface area contributed by atoms with Crippen molar-refractivity contribution in [3.05, 3.63) is 52.8 Å². The summed E-state index contributed by atoms with van der Waals surface area (Å²) in [5, 5.41) is 4.00. The molecule has 1 aromatic heterocycles. The van der Waals surface area contributed by atoms with E-state index in [1.165, 1.54) is 0 Å². The lowest BCUT2D eigenvalue weighted by molar-refractivity contribution is 0.0787. The van der Waals surface area contributed by atoms with Crippen molar-refractivity contribution in [2.75, 3.05) is 18.4 Å². The molecule has 5 heteroatoms. The number of aromatic nitrogens is 1. The number of rotatable bonds is 3. The lowest BCUT2D eigenvalue weighted by Crippen LogP contribution is -2.28. The van der Waals surface area contributed by atoms with E-state index < -0.39 is 0 Å². The Hall–Kier alpha value is -2.07. The Bertz CT molecular complexity index is 679. The quantitative estimate of drug-likeness (QED) is 0.930. The Morgan fingerprint density at radius 1 is 1.23 bits per heavy atom. The number of nitrogens with one attached hydrogen (secondary N) is 1. The molecule has 0 atom stereocenters. The standard InChI is InChI=1S/C17H18ClN3O/c1-12-14(18)5-4-6-15(12)20-13-7-8-16(19-11-13)17(22)21-9-2-3-10-21/h4-8,11,20H,2-3,9-10H2,1H3. The van der Waals surface area contributed by atoms with E-state index in [1.54, 1.807) is 12.3 Å². The van der Waals surface area contributed by atoms with Gasteiger partial charge in [-0.3, -0.25) is 4.79 Å². The highest BCUT2D eigenvalue weighted by atomic mass is 35.5. The maximum absolute atomic E-state index is 12.2. The molecule has 0 bridgehead atoms. The number of carbonyl (C=O) groups is 1. The van der Waals surface area contributed by atoms with Crippen molar-refractivity contribution in [1.82, 2.24) is 9.88 Å². The van der Waals surface area contributed by atoms with Gasteiger partial charge in [-0.25, -0.2) is 4.98 Å². The number of likely N-dealkylation sites (tertiary alicyclic amines) is 1. The zero-order chi connectivity index (χ0) is 15.5. The molecule has 0 radical (unpaired) electrons. The van der Waals surface area contributed by atoms with Crippen LogP contribution in [-0.4, -0.2) is 28.9 Å². The summed E-state index contributed by atoms with van der Waals surface area (Å²) in [6, 6.07) is 9.36. The topological polar surface area (TPSA) is 45.2 Å². The van der Waals surface area contributed by atoms with Crippen LogP contribution in [0.4, 0.5) is 11.4 Å². The molecule has 0 spiro atoms. The van der Waals surface area contributed by atoms with Gasteiger partial charge in [0.2, 0.25) is 0 Å². The third-order valence-electron chi connectivity index (χ3n) is 3.92. The van der Waals surface area contributed by atoms with Gasteiger partial charge >= 0.3 is 0 Å². The predicted molar refractivity (Wildman–Crippen MR) is 88.8 cm³/mol. The van der Waals surface area contributed by atoms with Crippen LogP contribution >= 0.6 is 11.6 Å². The molecule has 4 nitrogen and oxygen atoms in total. The van der Waals surface area contributed by atoms with E-state index in [2.05, 4.69) is 10.3 Å². The highest BCUT2D eigenvalue weighted by Crippen LogP contribution is 2.26. The van der Waals surface area contributed by atoms with Gasteiger partial charge in [0, 0.05) is 23.8 Å². The zero-order valence-corrected chi connectivity index (χ0v) is 13.2. The van der Waals surface area contributed by atoms with Gasteiger partial charge in [-0.2, -0.15) is 0 Å². The van der Waals surface area contributed by atoms with Crippen LogP contribution in [0.3, 0.4) is 0 Å². The lowest BCUT2D eigenvalue weighted by atomic mass is 10.2. The molecule has 1 N–H and O–H groups in total. The van der Waals surface area contributed by atoms with Crippen LogP contribution in [0.1, 0.15) is 28.9 Å². The van der Waals surface area contributed by atoms with Crippen molar-refractivity contribution in [1.29, 1.82) is 0 Å². The average molecular weight is 316 g/mol. The average Bonchev–Trinajstić information content (AvgIpc) is 3.06. The van der Waals surface area contributed by atoms with Gasteiger partial charge in [-0.05, 0) is 49.6 Å². The molecule has 1 aliphatic rings. The molecule has 0 unspecified atom stereocenters. The normalized spacial score (nSPS) is 14.2. The molecule has 114 valence electrons. The molecule has 3 rings (SSSR count). The SMILES string of the molecule is Cc1c(Cl)cccc1Nc1ccc(C(=O)N2CCCC2)nc1. The molecule has 2 aromatic rings. The summed E-state index contributed by atoms with van der Waals surface area (Å²) in [6.45, 7) is 3.63. The predicted octanol–water partition coefficient (Wildman–Crippen LogP) is 4.02. The maximum atomic E-state index is 12.2. The molecule has 0 saturated carbocycles. The van der Waals surface area contributed by atoms with E-state index in [0.29, 0.717) is 5.69 Å². The Balaban J connectivity index is 1.74. The minimum atomic E-state index is 0.0167. The number of hydrogen-bond donors (Lipinski definition) is 1. The third kappa shape index (κ3) is 3.07. The number of pyridine rings is 1. The smallest absolute Gasteiger partial charge is 0.272 e. The maximum Gasteiger partial charge on any atom is 0.272 e. The fourth-order valence-corrected chi connectivity index (χ4v) is 2.75. The summed E-state index contributed by atoms with van der Waals surface area (Å²) in [6.07, 6.45) is 3.85. The first-order chi connectivity index (χ1) is 10.6. The molecule has 0 aliphatic carbocycles. The summed E-state index contributed by atoms with van der Waals surface area (Å²) >= 11 is 6.11. The van der Waals surface area contributed by atoms with Gasteiger partial charge in [-0.1, -0.05) is 17.7 Å². The highest BCUT2D eigenvalue weighted by molar-refractivity contribution is 6.31. The second-order valence-corrected chi connectivity index (χ2v) is 5.88. The Morgan fingerprint density at radius 2 is 2.00 bits per heavy atom. The Labute approximate surface area is 135 Å². The van der Waals surface area contributed by atoms with Crippen molar-refractivity contribution in [2.24, 2.45) is 0 Å². The number of anilines is 2. The van der Waals surface area contributed by atoms with E-state index >= 15 is 0 Å². The summed E-state index contributed by atoms with van der Waals surface area (Å²) in [7, 11) is 0. The number of hydrogen-bond acceptors (Lipinski definition) is 3. The zero-order valence-electron chi connectivity index (χ0n) is 12.5. The molecule has 1 fully saturated rings. The molecular formula is C17H18ClN3O. The summed E-state index contributed by atoms with van der Waals surface area (Å²) in [5.41, 5.74) is 3.26. The molecular weight excluding hydrogens is 298 g/mol. The minimum Gasteiger partial charge on any atom is -0.354 e. The van der Waals surface area contributed by atoms with Crippen LogP contribution in [0.15, 0.2) is 36.5 Å². The fraction of sp³-hybridized carbons (Fsp3) is 0.294. The van der Waals surface area contributed by atoms with Crippen LogP contribution in [0, 0.1) is 6.92 Å². The molecule has 1 saturated heterocycles. The van der Waals surface area contributed by atoms with Gasteiger partial charge in [-0.15, -0.1) is 0 Å². The fourth-order valence-electron chi connectivity index (χ4n) is 2.57. The number of amides is 1. The van der Waals surface area contributed by atoms with Crippen molar-refractivity contribution < 1.29 is 4.79 Å². The second-order valence-electron chi connectivity index (χ2n) is 5.47. The van der Waals surface area contributed by atoms with Crippen molar-refractivity contribution in [3.63, 3.8) is 0 Å². The number of nitrogens with zero attached hydrogens (tertiary/aromatic N) is 2. The summed E-state index contributed by atoms with van der Waals surface area (Å²) in [5.74, 6) is 0.0167. The summed E-state index contributed by atoms with van der Waals surface area (Å²) in [4.78, 5) is 18.4. The first-order valence-electron chi connectivity index (χ1n) is 7.42. The van der Waals surface area contributed by atoms with Crippen LogP contribution in [0.25, 0.3) is 0 Å². The molecule has 1 aliphatic heterocycles. The van der Waals surface area contributed by atoms with E-state index in [0.717, 1.165) is 47.9 Å². The third-order valence-corrected chi connectivity index (χ3v) is 4.33. The van der Waals surface area contributed by atoms with E-state index in [4.69, 9.17) is 11.6 Å². The number of benzene rings is 1. The van der Waals surface area contributed by atoms with E-state index in [-0.39, 0.29) is 5.91 Å². The highest BCUT2D eigenvalue weighted by Gasteiger charge is 2.20. The lowest BCUT2D eigenvalue weighted by Gasteiger charge is -2.15. The molecule has 22 heavy (non-hydrogen) atoms. The van der Waals surface area contributed by atoms with E-state index in [1.807, 2.05) is 36.1 Å². The van der Waals surface area contributed by atoms with Gasteiger partial charge in [0.1, 0.15) is 5.69 Å². The Kier molecular flexibility index (Phi) is 4.29.